The molecule has 0 unspecified atom stereocenters. The fourth-order valence-corrected chi connectivity index (χ4v) is 2.19. The van der Waals surface area contributed by atoms with Crippen molar-refractivity contribution in [3.05, 3.63) is 30.6 Å². The lowest BCUT2D eigenvalue weighted by Gasteiger charge is -2.21. The monoisotopic (exact) mass is 279 g/mol. The molecule has 0 fully saturated rings. The maximum absolute atomic E-state index is 4.39. The number of aromatic nitrogens is 2. The van der Waals surface area contributed by atoms with E-state index in [9.17, 15) is 0 Å². The topological polar surface area (TPSA) is 29.0 Å². The fourth-order valence-electron chi connectivity index (χ4n) is 1.76. The van der Waals surface area contributed by atoms with E-state index < -0.39 is 0 Å². The molecule has 1 heterocycles. The van der Waals surface area contributed by atoms with Crippen molar-refractivity contribution in [3.8, 4) is 0 Å². The molecular weight excluding hydrogens is 266 g/mol. The van der Waals surface area contributed by atoms with Gasteiger partial charge in [-0.25, -0.2) is 9.97 Å². The summed E-state index contributed by atoms with van der Waals surface area (Å²) in [6.07, 6.45) is 1.63. The summed E-state index contributed by atoms with van der Waals surface area (Å²) in [5, 5.41) is 2.06. The Morgan fingerprint density at radius 1 is 1.25 bits per heavy atom. The van der Waals surface area contributed by atoms with Gasteiger partial charge < -0.3 is 4.90 Å². The van der Waals surface area contributed by atoms with Crippen molar-refractivity contribution in [2.24, 2.45) is 0 Å². The van der Waals surface area contributed by atoms with Crippen molar-refractivity contribution in [1.82, 2.24) is 9.97 Å². The minimum absolute atomic E-state index is 0.944. The Morgan fingerprint density at radius 3 is 2.81 bits per heavy atom. The molecule has 84 valence electrons. The minimum Gasteiger partial charge on any atom is -0.355 e. The first kappa shape index (κ1) is 11.3. The number of rotatable bonds is 4. The van der Waals surface area contributed by atoms with E-state index in [1.807, 2.05) is 18.2 Å². The summed E-state index contributed by atoms with van der Waals surface area (Å²) >= 11 is 3.47. The number of hydrogen-bond acceptors (Lipinski definition) is 3. The number of anilines is 1. The Kier molecular flexibility index (Phi) is 3.72. The largest absolute Gasteiger partial charge is 0.355 e. The van der Waals surface area contributed by atoms with E-state index in [2.05, 4.69) is 43.8 Å². The number of halogens is 1. The first-order valence-electron chi connectivity index (χ1n) is 5.37. The number of para-hydroxylation sites is 1. The van der Waals surface area contributed by atoms with Gasteiger partial charge in [0.05, 0.1) is 5.52 Å². The average molecular weight is 280 g/mol. The normalized spacial score (nSPS) is 10.6. The summed E-state index contributed by atoms with van der Waals surface area (Å²) in [6.45, 7) is 4.05. The molecular formula is C12H14BrN3. The Balaban J connectivity index is 2.50. The van der Waals surface area contributed by atoms with Gasteiger partial charge in [-0.05, 0) is 19.1 Å². The molecule has 0 spiro atoms. The standard InChI is InChI=1S/C12H14BrN3/c1-2-16(8-7-13)12-10-5-3-4-6-11(10)14-9-15-12/h3-6,9H,2,7-8H2,1H3. The summed E-state index contributed by atoms with van der Waals surface area (Å²) in [4.78, 5) is 10.9. The zero-order chi connectivity index (χ0) is 11.4. The molecule has 0 amide bonds. The molecule has 2 rings (SSSR count). The van der Waals surface area contributed by atoms with Crippen LogP contribution < -0.4 is 4.90 Å². The maximum Gasteiger partial charge on any atom is 0.139 e. The summed E-state index contributed by atoms with van der Waals surface area (Å²) in [5.74, 6) is 1.02. The summed E-state index contributed by atoms with van der Waals surface area (Å²) in [5.41, 5.74) is 1.00. The molecule has 0 saturated heterocycles. The molecule has 0 atom stereocenters. The molecule has 1 aromatic carbocycles. The van der Waals surface area contributed by atoms with Crippen LogP contribution >= 0.6 is 15.9 Å². The third kappa shape index (κ3) is 2.16. The first-order chi connectivity index (χ1) is 7.86. The van der Waals surface area contributed by atoms with Crippen molar-refractivity contribution < 1.29 is 0 Å². The van der Waals surface area contributed by atoms with Crippen LogP contribution in [0.1, 0.15) is 6.92 Å². The molecule has 0 aliphatic carbocycles. The zero-order valence-electron chi connectivity index (χ0n) is 9.23. The lowest BCUT2D eigenvalue weighted by Crippen LogP contribution is -2.26. The quantitative estimate of drug-likeness (QED) is 0.806. The van der Waals surface area contributed by atoms with Crippen LogP contribution in [0.25, 0.3) is 10.9 Å². The van der Waals surface area contributed by atoms with Gasteiger partial charge in [0.15, 0.2) is 0 Å². The Bertz CT molecular complexity index is 467. The third-order valence-electron chi connectivity index (χ3n) is 2.56. The van der Waals surface area contributed by atoms with Crippen LogP contribution in [0.15, 0.2) is 30.6 Å². The Morgan fingerprint density at radius 2 is 2.06 bits per heavy atom. The van der Waals surface area contributed by atoms with Crippen molar-refractivity contribution in [3.63, 3.8) is 0 Å². The van der Waals surface area contributed by atoms with E-state index in [0.717, 1.165) is 35.1 Å². The van der Waals surface area contributed by atoms with Crippen molar-refractivity contribution in [1.29, 1.82) is 0 Å². The van der Waals surface area contributed by atoms with Crippen molar-refractivity contribution in [2.75, 3.05) is 23.3 Å². The summed E-state index contributed by atoms with van der Waals surface area (Å²) < 4.78 is 0. The molecule has 0 aliphatic heterocycles. The van der Waals surface area contributed by atoms with Gasteiger partial charge in [-0.1, -0.05) is 28.1 Å². The highest BCUT2D eigenvalue weighted by molar-refractivity contribution is 9.09. The molecule has 3 nitrogen and oxygen atoms in total. The molecule has 2 aromatic rings. The zero-order valence-corrected chi connectivity index (χ0v) is 10.8. The number of hydrogen-bond donors (Lipinski definition) is 0. The van der Waals surface area contributed by atoms with E-state index in [1.165, 1.54) is 0 Å². The van der Waals surface area contributed by atoms with Gasteiger partial charge in [0.1, 0.15) is 12.1 Å². The van der Waals surface area contributed by atoms with E-state index in [-0.39, 0.29) is 0 Å². The molecule has 1 aromatic heterocycles. The van der Waals surface area contributed by atoms with Crippen LogP contribution in [0.4, 0.5) is 5.82 Å². The van der Waals surface area contributed by atoms with E-state index in [0.29, 0.717) is 0 Å². The number of alkyl halides is 1. The van der Waals surface area contributed by atoms with Crippen LogP contribution in [-0.2, 0) is 0 Å². The number of nitrogens with zero attached hydrogens (tertiary/aromatic N) is 3. The Hall–Kier alpha value is -1.16. The minimum atomic E-state index is 0.944. The van der Waals surface area contributed by atoms with Crippen LogP contribution in [-0.4, -0.2) is 28.4 Å². The number of benzene rings is 1. The van der Waals surface area contributed by atoms with E-state index in [4.69, 9.17) is 0 Å². The van der Waals surface area contributed by atoms with Gasteiger partial charge in [-0.15, -0.1) is 0 Å². The van der Waals surface area contributed by atoms with Gasteiger partial charge in [0, 0.05) is 23.8 Å². The molecule has 16 heavy (non-hydrogen) atoms. The highest BCUT2D eigenvalue weighted by Crippen LogP contribution is 2.22. The van der Waals surface area contributed by atoms with Crippen LogP contribution in [0.2, 0.25) is 0 Å². The number of fused-ring (bicyclic) bond motifs is 1. The van der Waals surface area contributed by atoms with Crippen molar-refractivity contribution in [2.45, 2.75) is 6.92 Å². The summed E-state index contributed by atoms with van der Waals surface area (Å²) in [7, 11) is 0. The van der Waals surface area contributed by atoms with Gasteiger partial charge in [-0.3, -0.25) is 0 Å². The van der Waals surface area contributed by atoms with Crippen LogP contribution in [0, 0.1) is 0 Å². The second-order valence-electron chi connectivity index (χ2n) is 3.48. The maximum atomic E-state index is 4.39. The average Bonchev–Trinajstić information content (AvgIpc) is 2.35. The lowest BCUT2D eigenvalue weighted by molar-refractivity contribution is 0.857. The highest BCUT2D eigenvalue weighted by Gasteiger charge is 2.09. The van der Waals surface area contributed by atoms with Gasteiger partial charge in [-0.2, -0.15) is 0 Å². The second kappa shape index (κ2) is 5.25. The highest BCUT2D eigenvalue weighted by atomic mass is 79.9. The van der Waals surface area contributed by atoms with Crippen LogP contribution in [0.3, 0.4) is 0 Å². The molecule has 0 N–H and O–H groups in total. The summed E-state index contributed by atoms with van der Waals surface area (Å²) in [6, 6.07) is 8.11. The molecule has 0 aliphatic rings. The van der Waals surface area contributed by atoms with Crippen LogP contribution in [0.5, 0.6) is 0 Å². The molecule has 4 heteroatoms. The first-order valence-corrected chi connectivity index (χ1v) is 6.49. The van der Waals surface area contributed by atoms with Crippen molar-refractivity contribution >= 4 is 32.7 Å². The second-order valence-corrected chi connectivity index (χ2v) is 4.28. The van der Waals surface area contributed by atoms with E-state index >= 15 is 0 Å². The molecule has 0 saturated carbocycles. The molecule has 0 bridgehead atoms. The third-order valence-corrected chi connectivity index (χ3v) is 2.91. The molecule has 0 radical (unpaired) electrons. The van der Waals surface area contributed by atoms with Gasteiger partial charge >= 0.3 is 0 Å². The predicted octanol–water partition coefficient (Wildman–Crippen LogP) is 2.85. The van der Waals surface area contributed by atoms with Gasteiger partial charge in [0.2, 0.25) is 0 Å². The van der Waals surface area contributed by atoms with Gasteiger partial charge in [0.25, 0.3) is 0 Å². The smallest absolute Gasteiger partial charge is 0.139 e. The SMILES string of the molecule is CCN(CCBr)c1ncnc2ccccc12. The predicted molar refractivity (Wildman–Crippen MR) is 71.2 cm³/mol. The Labute approximate surface area is 104 Å². The lowest BCUT2D eigenvalue weighted by atomic mass is 10.2. The fraction of sp³-hybridized carbons (Fsp3) is 0.333. The van der Waals surface area contributed by atoms with E-state index in [1.54, 1.807) is 6.33 Å².